The Balaban J connectivity index is 1.56. The number of carbonyl (C=O) groups excluding carboxylic acids is 1. The van der Waals surface area contributed by atoms with Crippen molar-refractivity contribution >= 4 is 23.4 Å². The summed E-state index contributed by atoms with van der Waals surface area (Å²) in [5.41, 5.74) is 0.933. The summed E-state index contributed by atoms with van der Waals surface area (Å²) in [5, 5.41) is 3.07. The predicted octanol–water partition coefficient (Wildman–Crippen LogP) is 2.79. The van der Waals surface area contributed by atoms with Crippen molar-refractivity contribution < 1.29 is 14.3 Å². The number of nitrogens with one attached hydrogen (secondary N) is 1. The zero-order valence-electron chi connectivity index (χ0n) is 15.4. The molecule has 4 rings (SSSR count). The van der Waals surface area contributed by atoms with Crippen LogP contribution < -0.4 is 15.0 Å². The minimum absolute atomic E-state index is 0.00222. The zero-order valence-corrected chi connectivity index (χ0v) is 16.2. The van der Waals surface area contributed by atoms with E-state index >= 15 is 0 Å². The van der Waals surface area contributed by atoms with Crippen molar-refractivity contribution in [3.05, 3.63) is 71.0 Å². The van der Waals surface area contributed by atoms with Crippen LogP contribution in [0.15, 0.2) is 70.6 Å². The molecule has 0 atom stereocenters. The summed E-state index contributed by atoms with van der Waals surface area (Å²) in [6.45, 7) is 0. The van der Waals surface area contributed by atoms with Crippen LogP contribution in [0, 0.1) is 0 Å². The molecule has 0 bridgehead atoms. The normalized spacial score (nSPS) is 10.8. The lowest BCUT2D eigenvalue weighted by molar-refractivity contribution is -0.131. The molecule has 9 heteroatoms. The van der Waals surface area contributed by atoms with E-state index in [1.807, 2.05) is 30.3 Å². The van der Waals surface area contributed by atoms with Gasteiger partial charge in [0.05, 0.1) is 12.9 Å². The molecule has 0 amide bonds. The van der Waals surface area contributed by atoms with Crippen molar-refractivity contribution in [2.45, 2.75) is 5.16 Å². The third-order valence-corrected chi connectivity index (χ3v) is 4.86. The third kappa shape index (κ3) is 4.30. The minimum atomic E-state index is -0.453. The largest absolute Gasteiger partial charge is 0.497 e. The Bertz CT molecular complexity index is 1220. The highest BCUT2D eigenvalue weighted by Crippen LogP contribution is 2.23. The standard InChI is InChI=1S/C20H16N4O4S/c1-27-14-8-5-9-15(10-14)28-18(26)12-29-20-22-19(13-6-3-2-4-7-13)21-16-11-17(25)23-24(16)20/h2-11H,12H2,1H3,(H,23,25). The Morgan fingerprint density at radius 2 is 1.86 bits per heavy atom. The fourth-order valence-corrected chi connectivity index (χ4v) is 3.37. The SMILES string of the molecule is COc1cccc(OC(=O)CSc2nc(-c3ccccc3)nc3cc(=O)[nH]n23)c1. The zero-order chi connectivity index (χ0) is 20.2. The van der Waals surface area contributed by atoms with E-state index in [2.05, 4.69) is 15.1 Å². The van der Waals surface area contributed by atoms with Crippen molar-refractivity contribution in [2.24, 2.45) is 0 Å². The molecular formula is C20H16N4O4S. The highest BCUT2D eigenvalue weighted by molar-refractivity contribution is 7.99. The van der Waals surface area contributed by atoms with Crippen LogP contribution in [-0.4, -0.2) is 38.4 Å². The van der Waals surface area contributed by atoms with Crippen LogP contribution in [0.1, 0.15) is 0 Å². The first-order chi connectivity index (χ1) is 14.1. The van der Waals surface area contributed by atoms with Gasteiger partial charge in [0.15, 0.2) is 16.6 Å². The van der Waals surface area contributed by atoms with Gasteiger partial charge >= 0.3 is 5.97 Å². The number of nitrogens with zero attached hydrogens (tertiary/aromatic N) is 3. The molecule has 0 radical (unpaired) electrons. The van der Waals surface area contributed by atoms with Crippen molar-refractivity contribution in [3.63, 3.8) is 0 Å². The minimum Gasteiger partial charge on any atom is -0.497 e. The summed E-state index contributed by atoms with van der Waals surface area (Å²) < 4.78 is 11.9. The van der Waals surface area contributed by atoms with Crippen LogP contribution in [0.5, 0.6) is 11.5 Å². The Morgan fingerprint density at radius 3 is 2.66 bits per heavy atom. The summed E-state index contributed by atoms with van der Waals surface area (Å²) in [7, 11) is 1.54. The number of hydrogen-bond acceptors (Lipinski definition) is 7. The van der Waals surface area contributed by atoms with Gasteiger partial charge < -0.3 is 9.47 Å². The van der Waals surface area contributed by atoms with Gasteiger partial charge in [-0.05, 0) is 12.1 Å². The van der Waals surface area contributed by atoms with Gasteiger partial charge in [-0.1, -0.05) is 48.2 Å². The second kappa shape index (κ2) is 8.19. The lowest BCUT2D eigenvalue weighted by Gasteiger charge is -2.08. The van der Waals surface area contributed by atoms with Crippen LogP contribution in [-0.2, 0) is 4.79 Å². The molecular weight excluding hydrogens is 392 g/mol. The quantitative estimate of drug-likeness (QED) is 0.298. The van der Waals surface area contributed by atoms with Crippen molar-refractivity contribution in [1.29, 1.82) is 0 Å². The summed E-state index contributed by atoms with van der Waals surface area (Å²) in [6, 6.07) is 17.6. The van der Waals surface area contributed by atoms with Gasteiger partial charge in [0.2, 0.25) is 0 Å². The topological polar surface area (TPSA) is 98.6 Å². The van der Waals surface area contributed by atoms with E-state index in [1.165, 1.54) is 10.6 Å². The highest BCUT2D eigenvalue weighted by atomic mass is 32.2. The second-order valence-corrected chi connectivity index (χ2v) is 6.89. The molecule has 29 heavy (non-hydrogen) atoms. The average molecular weight is 408 g/mol. The number of H-pyrrole nitrogens is 1. The molecule has 0 fully saturated rings. The number of thioether (sulfide) groups is 1. The molecule has 1 N–H and O–H groups in total. The number of aromatic amines is 1. The number of aromatic nitrogens is 4. The number of carbonyl (C=O) groups is 1. The monoisotopic (exact) mass is 408 g/mol. The maximum Gasteiger partial charge on any atom is 0.321 e. The van der Waals surface area contributed by atoms with E-state index in [1.54, 1.807) is 31.4 Å². The fourth-order valence-electron chi connectivity index (χ4n) is 2.65. The fraction of sp³-hybridized carbons (Fsp3) is 0.100. The molecule has 4 aromatic rings. The van der Waals surface area contributed by atoms with Crippen LogP contribution in [0.4, 0.5) is 0 Å². The maximum atomic E-state index is 12.3. The van der Waals surface area contributed by atoms with E-state index in [9.17, 15) is 9.59 Å². The molecule has 0 aliphatic rings. The van der Waals surface area contributed by atoms with Gasteiger partial charge in [-0.3, -0.25) is 14.7 Å². The molecule has 8 nitrogen and oxygen atoms in total. The number of methoxy groups -OCH3 is 1. The lowest BCUT2D eigenvalue weighted by atomic mass is 10.2. The van der Waals surface area contributed by atoms with Gasteiger partial charge in [0.25, 0.3) is 5.56 Å². The Kier molecular flexibility index (Phi) is 5.30. The first kappa shape index (κ1) is 18.8. The first-order valence-electron chi connectivity index (χ1n) is 8.65. The van der Waals surface area contributed by atoms with Gasteiger partial charge in [0, 0.05) is 17.7 Å². The number of benzene rings is 2. The van der Waals surface area contributed by atoms with E-state index in [0.29, 0.717) is 28.1 Å². The van der Waals surface area contributed by atoms with Crippen LogP contribution in [0.2, 0.25) is 0 Å². The number of rotatable bonds is 6. The molecule has 2 heterocycles. The molecule has 0 saturated carbocycles. The van der Waals surface area contributed by atoms with Gasteiger partial charge in [-0.15, -0.1) is 0 Å². The number of ether oxygens (including phenoxy) is 2. The average Bonchev–Trinajstić information content (AvgIpc) is 3.13. The summed E-state index contributed by atoms with van der Waals surface area (Å²) in [6.07, 6.45) is 0. The smallest absolute Gasteiger partial charge is 0.321 e. The van der Waals surface area contributed by atoms with Crippen molar-refractivity contribution in [1.82, 2.24) is 19.6 Å². The molecule has 0 aliphatic heterocycles. The predicted molar refractivity (Wildman–Crippen MR) is 108 cm³/mol. The van der Waals surface area contributed by atoms with Crippen molar-refractivity contribution in [3.8, 4) is 22.9 Å². The van der Waals surface area contributed by atoms with E-state index in [0.717, 1.165) is 17.3 Å². The van der Waals surface area contributed by atoms with Crippen molar-refractivity contribution in [2.75, 3.05) is 12.9 Å². The summed E-state index contributed by atoms with van der Waals surface area (Å²) in [4.78, 5) is 33.0. The van der Waals surface area contributed by atoms with Crippen LogP contribution in [0.3, 0.4) is 0 Å². The third-order valence-electron chi connectivity index (χ3n) is 3.95. The van der Waals surface area contributed by atoms with Gasteiger partial charge in [-0.2, -0.15) is 0 Å². The van der Waals surface area contributed by atoms with Crippen LogP contribution >= 0.6 is 11.8 Å². The Morgan fingerprint density at radius 1 is 1.07 bits per heavy atom. The number of hydrogen-bond donors (Lipinski definition) is 1. The maximum absolute atomic E-state index is 12.3. The molecule has 2 aromatic heterocycles. The lowest BCUT2D eigenvalue weighted by Crippen LogP contribution is -2.12. The molecule has 0 saturated heterocycles. The van der Waals surface area contributed by atoms with E-state index in [4.69, 9.17) is 9.47 Å². The molecule has 0 unspecified atom stereocenters. The summed E-state index contributed by atoms with van der Waals surface area (Å²) >= 11 is 1.15. The molecule has 0 spiro atoms. The molecule has 2 aromatic carbocycles. The highest BCUT2D eigenvalue weighted by Gasteiger charge is 2.14. The first-order valence-corrected chi connectivity index (χ1v) is 9.64. The summed E-state index contributed by atoms with van der Waals surface area (Å²) in [5.74, 6) is 0.997. The number of esters is 1. The number of fused-ring (bicyclic) bond motifs is 1. The van der Waals surface area contributed by atoms with Crippen LogP contribution in [0.25, 0.3) is 17.0 Å². The molecule has 146 valence electrons. The Hall–Kier alpha value is -3.59. The van der Waals surface area contributed by atoms with E-state index in [-0.39, 0.29) is 11.3 Å². The van der Waals surface area contributed by atoms with E-state index < -0.39 is 5.97 Å². The second-order valence-electron chi connectivity index (χ2n) is 5.95. The molecule has 0 aliphatic carbocycles. The Labute approximate surface area is 169 Å². The van der Waals surface area contributed by atoms with Gasteiger partial charge in [0.1, 0.15) is 11.5 Å². The van der Waals surface area contributed by atoms with Gasteiger partial charge in [-0.25, -0.2) is 14.5 Å².